The second kappa shape index (κ2) is 7.01. The first-order chi connectivity index (χ1) is 12.6. The number of methoxy groups -OCH3 is 2. The van der Waals surface area contributed by atoms with Crippen LogP contribution in [0, 0.1) is 0 Å². The minimum absolute atomic E-state index is 0.0639. The number of carbonyl (C=O) groups excluding carboxylic acids is 3. The average molecular weight is 354 g/mol. The third-order valence-corrected chi connectivity index (χ3v) is 3.62. The van der Waals surface area contributed by atoms with E-state index in [1.807, 2.05) is 0 Å². The number of nitrogens with zero attached hydrogens (tertiary/aromatic N) is 3. The Balaban J connectivity index is 1.94. The Morgan fingerprint density at radius 2 is 2.12 bits per heavy atom. The number of nitrogens with one attached hydrogen (secondary N) is 1. The van der Waals surface area contributed by atoms with Gasteiger partial charge in [0.1, 0.15) is 11.3 Å². The molecule has 0 unspecified atom stereocenters. The molecule has 0 aliphatic heterocycles. The summed E-state index contributed by atoms with van der Waals surface area (Å²) in [4.78, 5) is 43.6. The first-order valence-electron chi connectivity index (χ1n) is 7.44. The molecule has 0 aromatic carbocycles. The number of anilines is 1. The van der Waals surface area contributed by atoms with Crippen molar-refractivity contribution in [1.82, 2.24) is 14.4 Å². The molecule has 3 heterocycles. The predicted octanol–water partition coefficient (Wildman–Crippen LogP) is 1.59. The van der Waals surface area contributed by atoms with E-state index in [0.717, 1.165) is 0 Å². The summed E-state index contributed by atoms with van der Waals surface area (Å²) in [6.45, 7) is 0. The third-order valence-electron chi connectivity index (χ3n) is 3.62. The number of esters is 1. The zero-order valence-electron chi connectivity index (χ0n) is 13.9. The number of hydrogen-bond acceptors (Lipinski definition) is 7. The Morgan fingerprint density at radius 3 is 2.81 bits per heavy atom. The van der Waals surface area contributed by atoms with Crippen LogP contribution < -0.4 is 10.1 Å². The number of carbonyl (C=O) groups is 3. The van der Waals surface area contributed by atoms with Gasteiger partial charge in [-0.2, -0.15) is 0 Å². The first kappa shape index (κ1) is 17.1. The molecular formula is C17H14N4O5. The number of hydrogen-bond donors (Lipinski definition) is 1. The smallest absolute Gasteiger partial charge is 0.341 e. The summed E-state index contributed by atoms with van der Waals surface area (Å²) in [6, 6.07) is 4.59. The van der Waals surface area contributed by atoms with Crippen molar-refractivity contribution in [2.75, 3.05) is 19.5 Å². The van der Waals surface area contributed by atoms with E-state index in [0.29, 0.717) is 6.29 Å². The van der Waals surface area contributed by atoms with E-state index in [-0.39, 0.29) is 34.0 Å². The maximum absolute atomic E-state index is 12.5. The summed E-state index contributed by atoms with van der Waals surface area (Å²) in [6.07, 6.45) is 5.01. The van der Waals surface area contributed by atoms with E-state index >= 15 is 0 Å². The number of aromatic nitrogens is 3. The van der Waals surface area contributed by atoms with Crippen LogP contribution in [0.3, 0.4) is 0 Å². The molecule has 0 aliphatic rings. The highest BCUT2D eigenvalue weighted by molar-refractivity contribution is 6.06. The Hall–Kier alpha value is -3.75. The van der Waals surface area contributed by atoms with Crippen LogP contribution >= 0.6 is 0 Å². The van der Waals surface area contributed by atoms with E-state index in [2.05, 4.69) is 15.3 Å². The van der Waals surface area contributed by atoms with Gasteiger partial charge in [-0.3, -0.25) is 9.59 Å². The topological polar surface area (TPSA) is 112 Å². The van der Waals surface area contributed by atoms with Crippen LogP contribution in [-0.4, -0.2) is 46.8 Å². The van der Waals surface area contributed by atoms with Crippen LogP contribution in [0.1, 0.15) is 31.2 Å². The number of pyridine rings is 2. The maximum atomic E-state index is 12.5. The molecule has 0 saturated carbocycles. The zero-order chi connectivity index (χ0) is 18.7. The molecule has 0 saturated heterocycles. The minimum Gasteiger partial charge on any atom is -0.481 e. The second-order valence-electron chi connectivity index (χ2n) is 5.16. The van der Waals surface area contributed by atoms with Gasteiger partial charge in [-0.25, -0.2) is 14.8 Å². The van der Waals surface area contributed by atoms with Crippen LogP contribution in [0.15, 0.2) is 36.8 Å². The molecule has 9 heteroatoms. The fourth-order valence-electron chi connectivity index (χ4n) is 2.34. The van der Waals surface area contributed by atoms with Gasteiger partial charge in [0.2, 0.25) is 5.88 Å². The van der Waals surface area contributed by atoms with Crippen LogP contribution in [0.4, 0.5) is 5.69 Å². The Bertz CT molecular complexity index is 1010. The highest BCUT2D eigenvalue weighted by atomic mass is 16.5. The van der Waals surface area contributed by atoms with Gasteiger partial charge in [-0.05, 0) is 12.1 Å². The molecule has 9 nitrogen and oxygen atoms in total. The molecule has 0 radical (unpaired) electrons. The lowest BCUT2D eigenvalue weighted by Crippen LogP contribution is -2.14. The molecular weight excluding hydrogens is 340 g/mol. The molecule has 0 bridgehead atoms. The quantitative estimate of drug-likeness (QED) is 0.547. The summed E-state index contributed by atoms with van der Waals surface area (Å²) in [7, 11) is 2.69. The van der Waals surface area contributed by atoms with E-state index in [9.17, 15) is 14.4 Å². The van der Waals surface area contributed by atoms with Gasteiger partial charge in [-0.1, -0.05) is 0 Å². The van der Waals surface area contributed by atoms with E-state index < -0.39 is 11.9 Å². The highest BCUT2D eigenvalue weighted by Crippen LogP contribution is 2.19. The van der Waals surface area contributed by atoms with E-state index in [1.165, 1.54) is 37.1 Å². The standard InChI is InChI=1S/C17H14N4O5/c1-25-14-6-10(9-22)12(7-18-14)20-16(23)13-8-21-5-3-4-11(15(21)19-13)17(24)26-2/h3-9H,1-2H3,(H,20,23). The lowest BCUT2D eigenvalue weighted by Gasteiger charge is -2.07. The minimum atomic E-state index is -0.559. The van der Waals surface area contributed by atoms with Crippen molar-refractivity contribution in [3.63, 3.8) is 0 Å². The van der Waals surface area contributed by atoms with Gasteiger partial charge in [0.25, 0.3) is 5.91 Å². The molecule has 132 valence electrons. The summed E-state index contributed by atoms with van der Waals surface area (Å²) in [5.41, 5.74) is 1.01. The van der Waals surface area contributed by atoms with Gasteiger partial charge in [0, 0.05) is 24.0 Å². The molecule has 3 aromatic rings. The summed E-state index contributed by atoms with van der Waals surface area (Å²) >= 11 is 0. The van der Waals surface area contributed by atoms with Crippen molar-refractivity contribution in [1.29, 1.82) is 0 Å². The molecule has 3 aromatic heterocycles. The Labute approximate surface area is 147 Å². The van der Waals surface area contributed by atoms with Crippen LogP contribution in [0.25, 0.3) is 5.65 Å². The highest BCUT2D eigenvalue weighted by Gasteiger charge is 2.18. The van der Waals surface area contributed by atoms with Gasteiger partial charge in [0.05, 0.1) is 26.1 Å². The Kier molecular flexibility index (Phi) is 4.61. The average Bonchev–Trinajstić information content (AvgIpc) is 3.12. The first-order valence-corrected chi connectivity index (χ1v) is 7.44. The van der Waals surface area contributed by atoms with Crippen molar-refractivity contribution in [3.8, 4) is 5.88 Å². The van der Waals surface area contributed by atoms with Crippen LogP contribution in [0.5, 0.6) is 5.88 Å². The van der Waals surface area contributed by atoms with Gasteiger partial charge < -0.3 is 19.2 Å². The number of imidazole rings is 1. The van der Waals surface area contributed by atoms with E-state index in [4.69, 9.17) is 9.47 Å². The second-order valence-corrected chi connectivity index (χ2v) is 5.16. The number of aldehydes is 1. The predicted molar refractivity (Wildman–Crippen MR) is 90.7 cm³/mol. The molecule has 1 N–H and O–H groups in total. The normalized spacial score (nSPS) is 10.4. The van der Waals surface area contributed by atoms with Crippen molar-refractivity contribution in [2.24, 2.45) is 0 Å². The van der Waals surface area contributed by atoms with Crippen molar-refractivity contribution in [2.45, 2.75) is 0 Å². The monoisotopic (exact) mass is 354 g/mol. The zero-order valence-corrected chi connectivity index (χ0v) is 13.9. The molecule has 1 amide bonds. The van der Waals surface area contributed by atoms with Crippen molar-refractivity contribution in [3.05, 3.63) is 53.6 Å². The maximum Gasteiger partial charge on any atom is 0.341 e. The largest absolute Gasteiger partial charge is 0.481 e. The number of fused-ring (bicyclic) bond motifs is 1. The van der Waals surface area contributed by atoms with Gasteiger partial charge in [-0.15, -0.1) is 0 Å². The lowest BCUT2D eigenvalue weighted by molar-refractivity contribution is 0.0602. The number of rotatable bonds is 5. The fraction of sp³-hybridized carbons (Fsp3) is 0.118. The summed E-state index contributed by atoms with van der Waals surface area (Å²) in [5, 5.41) is 2.57. The van der Waals surface area contributed by atoms with Crippen molar-refractivity contribution < 1.29 is 23.9 Å². The van der Waals surface area contributed by atoms with Gasteiger partial charge >= 0.3 is 5.97 Å². The van der Waals surface area contributed by atoms with Crippen LogP contribution in [-0.2, 0) is 4.74 Å². The number of amides is 1. The molecule has 0 fully saturated rings. The Morgan fingerprint density at radius 1 is 1.31 bits per heavy atom. The fourth-order valence-corrected chi connectivity index (χ4v) is 2.34. The van der Waals surface area contributed by atoms with Gasteiger partial charge in [0.15, 0.2) is 11.9 Å². The van der Waals surface area contributed by atoms with Crippen LogP contribution in [0.2, 0.25) is 0 Å². The van der Waals surface area contributed by atoms with E-state index in [1.54, 1.807) is 18.3 Å². The molecule has 0 aliphatic carbocycles. The third kappa shape index (κ3) is 3.09. The molecule has 26 heavy (non-hydrogen) atoms. The molecule has 0 spiro atoms. The van der Waals surface area contributed by atoms with Crippen molar-refractivity contribution >= 4 is 29.5 Å². The molecule has 3 rings (SSSR count). The number of ether oxygens (including phenoxy) is 2. The molecule has 0 atom stereocenters. The lowest BCUT2D eigenvalue weighted by atomic mass is 10.2. The summed E-state index contributed by atoms with van der Waals surface area (Å²) < 4.78 is 11.2. The summed E-state index contributed by atoms with van der Waals surface area (Å²) in [5.74, 6) is -0.865. The SMILES string of the molecule is COC(=O)c1cccn2cc(C(=O)Nc3cnc(OC)cc3C=O)nc12.